The number of hydrogen-bond donors (Lipinski definition) is 1. The smallest absolute Gasteiger partial charge is 0.414 e. The van der Waals surface area contributed by atoms with E-state index in [2.05, 4.69) is 0 Å². The predicted molar refractivity (Wildman–Crippen MR) is 67.4 cm³/mol. The molecule has 0 atom stereocenters. The third-order valence-electron chi connectivity index (χ3n) is 2.42. The molecule has 0 unspecified atom stereocenters. The molecule has 1 aromatic carbocycles. The van der Waals surface area contributed by atoms with E-state index < -0.39 is 0 Å². The van der Waals surface area contributed by atoms with E-state index >= 15 is 0 Å². The van der Waals surface area contributed by atoms with E-state index in [4.69, 9.17) is 4.74 Å². The topological polar surface area (TPSA) is 49.8 Å². The Balaban J connectivity index is 2.64. The lowest BCUT2D eigenvalue weighted by Gasteiger charge is -2.20. The van der Waals surface area contributed by atoms with Crippen LogP contribution in [0.2, 0.25) is 0 Å². The quantitative estimate of drug-likeness (QED) is 0.800. The highest BCUT2D eigenvalue weighted by molar-refractivity contribution is 5.87. The lowest BCUT2D eigenvalue weighted by molar-refractivity contribution is 0.152. The second-order valence-electron chi connectivity index (χ2n) is 3.73. The van der Waals surface area contributed by atoms with Crippen LogP contribution in [0.25, 0.3) is 0 Å². The Kier molecular flexibility index (Phi) is 5.33. The molecule has 0 aliphatic heterocycles. The predicted octanol–water partition coefficient (Wildman–Crippen LogP) is 3.16. The van der Waals surface area contributed by atoms with Gasteiger partial charge >= 0.3 is 6.09 Å². The molecule has 1 N–H and O–H groups in total. The third kappa shape index (κ3) is 3.98. The molecule has 0 spiro atoms. The van der Waals surface area contributed by atoms with Crippen LogP contribution in [0.5, 0.6) is 5.75 Å². The molecule has 1 rings (SSSR count). The van der Waals surface area contributed by atoms with Gasteiger partial charge in [-0.3, -0.25) is 4.90 Å². The van der Waals surface area contributed by atoms with Crippen molar-refractivity contribution in [2.45, 2.75) is 26.7 Å². The first kappa shape index (κ1) is 13.4. The summed E-state index contributed by atoms with van der Waals surface area (Å²) in [6.07, 6.45) is 1.53. The van der Waals surface area contributed by atoms with Crippen LogP contribution in [0.3, 0.4) is 0 Å². The van der Waals surface area contributed by atoms with Crippen LogP contribution in [0.4, 0.5) is 10.5 Å². The summed E-state index contributed by atoms with van der Waals surface area (Å²) in [5, 5.41) is 9.19. The second kappa shape index (κ2) is 6.78. The van der Waals surface area contributed by atoms with Crippen LogP contribution < -0.4 is 4.90 Å². The summed E-state index contributed by atoms with van der Waals surface area (Å²) in [5.74, 6) is 0.184. The maximum absolute atomic E-state index is 11.8. The Morgan fingerprint density at radius 3 is 2.47 bits per heavy atom. The lowest BCUT2D eigenvalue weighted by Crippen LogP contribution is -2.31. The molecule has 0 heterocycles. The van der Waals surface area contributed by atoms with E-state index in [1.807, 2.05) is 13.8 Å². The van der Waals surface area contributed by atoms with Gasteiger partial charge in [-0.15, -0.1) is 0 Å². The van der Waals surface area contributed by atoms with Gasteiger partial charge in [-0.1, -0.05) is 13.3 Å². The summed E-state index contributed by atoms with van der Waals surface area (Å²) in [7, 11) is 0. The van der Waals surface area contributed by atoms with Crippen LogP contribution in [0.15, 0.2) is 24.3 Å². The number of anilines is 1. The zero-order chi connectivity index (χ0) is 12.7. The van der Waals surface area contributed by atoms with Crippen LogP contribution in [0.1, 0.15) is 26.7 Å². The molecule has 4 nitrogen and oxygen atoms in total. The molecule has 94 valence electrons. The number of aromatic hydroxyl groups is 1. The molecule has 0 saturated carbocycles. The summed E-state index contributed by atoms with van der Waals surface area (Å²) >= 11 is 0. The Morgan fingerprint density at radius 1 is 1.29 bits per heavy atom. The van der Waals surface area contributed by atoms with Crippen molar-refractivity contribution in [2.75, 3.05) is 18.1 Å². The normalized spacial score (nSPS) is 10.0. The van der Waals surface area contributed by atoms with Crippen LogP contribution >= 0.6 is 0 Å². The van der Waals surface area contributed by atoms with E-state index in [9.17, 15) is 9.90 Å². The third-order valence-corrected chi connectivity index (χ3v) is 2.42. The van der Waals surface area contributed by atoms with Crippen molar-refractivity contribution in [3.8, 4) is 5.75 Å². The van der Waals surface area contributed by atoms with Gasteiger partial charge in [0.1, 0.15) is 5.75 Å². The summed E-state index contributed by atoms with van der Waals surface area (Å²) in [4.78, 5) is 13.3. The van der Waals surface area contributed by atoms with Gasteiger partial charge in [0.05, 0.1) is 6.61 Å². The fraction of sp³-hybridized carbons (Fsp3) is 0.462. The molecule has 0 saturated heterocycles. The number of ether oxygens (including phenoxy) is 1. The van der Waals surface area contributed by atoms with E-state index in [0.717, 1.165) is 18.5 Å². The van der Waals surface area contributed by atoms with Crippen LogP contribution in [-0.2, 0) is 4.74 Å². The van der Waals surface area contributed by atoms with Gasteiger partial charge in [-0.05, 0) is 37.6 Å². The molecule has 0 aliphatic carbocycles. The maximum atomic E-state index is 11.8. The van der Waals surface area contributed by atoms with E-state index in [1.54, 1.807) is 24.3 Å². The summed E-state index contributed by atoms with van der Waals surface area (Å²) in [5.41, 5.74) is 0.729. The van der Waals surface area contributed by atoms with E-state index in [1.165, 1.54) is 4.90 Å². The number of phenols is 1. The zero-order valence-corrected chi connectivity index (χ0v) is 10.3. The molecule has 4 heteroatoms. The van der Waals surface area contributed by atoms with Crippen molar-refractivity contribution < 1.29 is 14.6 Å². The highest BCUT2D eigenvalue weighted by Crippen LogP contribution is 2.19. The van der Waals surface area contributed by atoms with Crippen LogP contribution in [-0.4, -0.2) is 24.4 Å². The minimum Gasteiger partial charge on any atom is -0.508 e. The Morgan fingerprint density at radius 2 is 1.94 bits per heavy atom. The minimum atomic E-state index is -0.341. The molecule has 1 aromatic rings. The van der Waals surface area contributed by atoms with Gasteiger partial charge in [0, 0.05) is 12.2 Å². The van der Waals surface area contributed by atoms with Crippen molar-refractivity contribution in [1.29, 1.82) is 0 Å². The summed E-state index contributed by atoms with van der Waals surface area (Å²) < 4.78 is 5.14. The van der Waals surface area contributed by atoms with Gasteiger partial charge in [0.2, 0.25) is 0 Å². The lowest BCUT2D eigenvalue weighted by atomic mass is 10.3. The first-order valence-corrected chi connectivity index (χ1v) is 5.92. The zero-order valence-electron chi connectivity index (χ0n) is 10.3. The molecule has 0 fully saturated rings. The molecule has 0 aromatic heterocycles. The number of rotatable bonds is 5. The number of unbranched alkanes of at least 4 members (excludes halogenated alkanes) is 1. The molecular formula is C13H19NO3. The number of nitrogens with zero attached hydrogens (tertiary/aromatic N) is 1. The fourth-order valence-corrected chi connectivity index (χ4v) is 1.43. The molecule has 0 aliphatic rings. The van der Waals surface area contributed by atoms with Crippen molar-refractivity contribution in [3.05, 3.63) is 24.3 Å². The molecule has 0 bridgehead atoms. The molecule has 1 amide bonds. The van der Waals surface area contributed by atoms with Gasteiger partial charge in [-0.25, -0.2) is 4.79 Å². The number of phenolic OH excluding ortho intramolecular Hbond substituents is 1. The number of hydrogen-bond acceptors (Lipinski definition) is 3. The highest BCUT2D eigenvalue weighted by atomic mass is 16.6. The average molecular weight is 237 g/mol. The molecule has 0 radical (unpaired) electrons. The highest BCUT2D eigenvalue weighted by Gasteiger charge is 2.14. The summed E-state index contributed by atoms with van der Waals surface area (Å²) in [6, 6.07) is 6.49. The number of benzene rings is 1. The first-order valence-electron chi connectivity index (χ1n) is 5.92. The van der Waals surface area contributed by atoms with Crippen molar-refractivity contribution >= 4 is 11.8 Å². The Labute approximate surface area is 102 Å². The average Bonchev–Trinajstić information content (AvgIpc) is 2.33. The minimum absolute atomic E-state index is 0.184. The first-order chi connectivity index (χ1) is 8.19. The largest absolute Gasteiger partial charge is 0.508 e. The standard InChI is InChI=1S/C13H19NO3/c1-3-5-10-17-13(16)14(4-2)11-6-8-12(15)9-7-11/h6-9,15H,3-5,10H2,1-2H3. The number of carbonyl (C=O) groups excluding carboxylic acids is 1. The molecular weight excluding hydrogens is 218 g/mol. The van der Waals surface area contributed by atoms with Gasteiger partial charge < -0.3 is 9.84 Å². The van der Waals surface area contributed by atoms with Crippen molar-refractivity contribution in [3.63, 3.8) is 0 Å². The molecule has 17 heavy (non-hydrogen) atoms. The van der Waals surface area contributed by atoms with Crippen molar-refractivity contribution in [2.24, 2.45) is 0 Å². The summed E-state index contributed by atoms with van der Waals surface area (Å²) in [6.45, 7) is 4.92. The Bertz CT molecular complexity index is 348. The maximum Gasteiger partial charge on any atom is 0.414 e. The Hall–Kier alpha value is -1.71. The van der Waals surface area contributed by atoms with E-state index in [-0.39, 0.29) is 11.8 Å². The number of amides is 1. The van der Waals surface area contributed by atoms with Crippen molar-refractivity contribution in [1.82, 2.24) is 0 Å². The van der Waals surface area contributed by atoms with Gasteiger partial charge in [0.25, 0.3) is 0 Å². The number of carbonyl (C=O) groups is 1. The van der Waals surface area contributed by atoms with E-state index in [0.29, 0.717) is 13.2 Å². The monoisotopic (exact) mass is 237 g/mol. The van der Waals surface area contributed by atoms with Gasteiger partial charge in [0.15, 0.2) is 0 Å². The SMILES string of the molecule is CCCCOC(=O)N(CC)c1ccc(O)cc1. The second-order valence-corrected chi connectivity index (χ2v) is 3.73. The van der Waals surface area contributed by atoms with Gasteiger partial charge in [-0.2, -0.15) is 0 Å². The van der Waals surface area contributed by atoms with Crippen LogP contribution in [0, 0.1) is 0 Å². The fourth-order valence-electron chi connectivity index (χ4n) is 1.43.